The van der Waals surface area contributed by atoms with E-state index in [0.717, 1.165) is 22.5 Å². The van der Waals surface area contributed by atoms with Crippen LogP contribution >= 0.6 is 0 Å². The van der Waals surface area contributed by atoms with Gasteiger partial charge in [0.1, 0.15) is 6.33 Å². The minimum absolute atomic E-state index is 0.293. The molecule has 2 heterocycles. The Bertz CT molecular complexity index is 1090. The fraction of sp³-hybridized carbons (Fsp3) is 0.0526. The first-order valence-electron chi connectivity index (χ1n) is 8.10. The van der Waals surface area contributed by atoms with Crippen LogP contribution in [0.2, 0.25) is 0 Å². The minimum atomic E-state index is -0.293. The number of anilines is 2. The van der Waals surface area contributed by atoms with Crippen LogP contribution < -0.4 is 10.6 Å². The fourth-order valence-corrected chi connectivity index (χ4v) is 2.64. The average molecular weight is 344 g/mol. The molecule has 2 aromatic heterocycles. The maximum atomic E-state index is 12.3. The quantitative estimate of drug-likeness (QED) is 0.593. The van der Waals surface area contributed by atoms with E-state index in [1.165, 1.54) is 0 Å². The molecule has 4 aromatic rings. The lowest BCUT2D eigenvalue weighted by atomic mass is 10.1. The zero-order valence-electron chi connectivity index (χ0n) is 14.0. The Balaban J connectivity index is 1.54. The summed E-state index contributed by atoms with van der Waals surface area (Å²) in [4.78, 5) is 12.3. The topological polar surface area (TPSA) is 84.2 Å². The number of nitrogens with one attached hydrogen (secondary N) is 2. The number of carbonyl (C=O) groups is 1. The Hall–Kier alpha value is -3.74. The summed E-state index contributed by atoms with van der Waals surface area (Å²) in [5, 5.41) is 17.9. The second kappa shape index (κ2) is 6.64. The number of rotatable bonds is 3. The van der Waals surface area contributed by atoms with Gasteiger partial charge in [-0.1, -0.05) is 30.3 Å². The van der Waals surface area contributed by atoms with Crippen LogP contribution in [0.1, 0.15) is 5.56 Å². The Kier molecular flexibility index (Phi) is 4.03. The first-order valence-corrected chi connectivity index (χ1v) is 8.10. The summed E-state index contributed by atoms with van der Waals surface area (Å²) in [5.74, 6) is 0. The normalized spacial score (nSPS) is 10.7. The summed E-state index contributed by atoms with van der Waals surface area (Å²) in [7, 11) is 0. The summed E-state index contributed by atoms with van der Waals surface area (Å²) in [6, 6.07) is 18.6. The molecule has 2 amide bonds. The van der Waals surface area contributed by atoms with Crippen molar-refractivity contribution in [3.8, 4) is 11.3 Å². The fourth-order valence-electron chi connectivity index (χ4n) is 2.64. The predicted molar refractivity (Wildman–Crippen MR) is 100 cm³/mol. The highest BCUT2D eigenvalue weighted by molar-refractivity contribution is 6.00. The lowest BCUT2D eigenvalue weighted by Gasteiger charge is -2.10. The Morgan fingerprint density at radius 2 is 1.88 bits per heavy atom. The average Bonchev–Trinajstić information content (AvgIpc) is 3.11. The molecule has 7 nitrogen and oxygen atoms in total. The van der Waals surface area contributed by atoms with Gasteiger partial charge in [-0.25, -0.2) is 4.79 Å². The smallest absolute Gasteiger partial charge is 0.308 e. The largest absolute Gasteiger partial charge is 0.323 e. The molecule has 0 unspecified atom stereocenters. The summed E-state index contributed by atoms with van der Waals surface area (Å²) in [6.45, 7) is 1.95. The van der Waals surface area contributed by atoms with Crippen LogP contribution in [0.5, 0.6) is 0 Å². The molecule has 0 saturated heterocycles. The van der Waals surface area contributed by atoms with Crippen molar-refractivity contribution in [2.75, 3.05) is 10.6 Å². The molecule has 0 spiro atoms. The molecule has 4 rings (SSSR count). The molecule has 0 saturated carbocycles. The molecule has 0 atom stereocenters. The first-order chi connectivity index (χ1) is 12.7. The molecule has 0 aliphatic carbocycles. The molecule has 0 radical (unpaired) electrons. The maximum absolute atomic E-state index is 12.3. The molecule has 0 bridgehead atoms. The molecule has 0 aliphatic heterocycles. The molecule has 2 N–H and O–H groups in total. The van der Waals surface area contributed by atoms with Crippen molar-refractivity contribution in [3.63, 3.8) is 0 Å². The van der Waals surface area contributed by atoms with Gasteiger partial charge in [0.2, 0.25) is 0 Å². The van der Waals surface area contributed by atoms with Crippen LogP contribution in [0, 0.1) is 6.92 Å². The third-order valence-corrected chi connectivity index (χ3v) is 3.97. The zero-order chi connectivity index (χ0) is 17.9. The number of para-hydroxylation sites is 1. The number of aryl methyl sites for hydroxylation is 1. The van der Waals surface area contributed by atoms with Crippen molar-refractivity contribution in [1.82, 2.24) is 19.8 Å². The monoisotopic (exact) mass is 344 g/mol. The van der Waals surface area contributed by atoms with Crippen molar-refractivity contribution in [3.05, 3.63) is 72.6 Å². The number of hydrogen-bond acceptors (Lipinski definition) is 4. The molecule has 7 heteroatoms. The molecule has 128 valence electrons. The van der Waals surface area contributed by atoms with Crippen LogP contribution in [-0.2, 0) is 0 Å². The van der Waals surface area contributed by atoms with Gasteiger partial charge in [-0.2, -0.15) is 9.61 Å². The number of urea groups is 1. The minimum Gasteiger partial charge on any atom is -0.308 e. The van der Waals surface area contributed by atoms with E-state index in [-0.39, 0.29) is 6.03 Å². The van der Waals surface area contributed by atoms with Crippen LogP contribution in [-0.4, -0.2) is 25.8 Å². The van der Waals surface area contributed by atoms with Crippen molar-refractivity contribution >= 4 is 23.1 Å². The predicted octanol–water partition coefficient (Wildman–Crippen LogP) is 3.74. The maximum Gasteiger partial charge on any atom is 0.323 e. The number of benzene rings is 2. The highest BCUT2D eigenvalue weighted by Crippen LogP contribution is 2.21. The molecular formula is C19H16N6O. The van der Waals surface area contributed by atoms with Gasteiger partial charge in [0, 0.05) is 16.9 Å². The lowest BCUT2D eigenvalue weighted by Crippen LogP contribution is -2.19. The summed E-state index contributed by atoms with van der Waals surface area (Å²) in [5.41, 5.74) is 4.79. The molecule has 2 aromatic carbocycles. The van der Waals surface area contributed by atoms with Gasteiger partial charge in [0.05, 0.1) is 5.69 Å². The number of carbonyl (C=O) groups excluding carboxylic acids is 1. The zero-order valence-corrected chi connectivity index (χ0v) is 14.0. The SMILES string of the molecule is Cc1ccccc1NC(=O)Nc1cccc(-c2ccc3nncn3n2)c1. The van der Waals surface area contributed by atoms with Gasteiger partial charge >= 0.3 is 6.03 Å². The number of fused-ring (bicyclic) bond motifs is 1. The Labute approximate surface area is 149 Å². The van der Waals surface area contributed by atoms with E-state index in [1.54, 1.807) is 10.8 Å². The van der Waals surface area contributed by atoms with Crippen molar-refractivity contribution in [1.29, 1.82) is 0 Å². The van der Waals surface area contributed by atoms with Crippen LogP contribution in [0.4, 0.5) is 16.2 Å². The van der Waals surface area contributed by atoms with E-state index < -0.39 is 0 Å². The second-order valence-corrected chi connectivity index (χ2v) is 5.83. The van der Waals surface area contributed by atoms with Crippen LogP contribution in [0.3, 0.4) is 0 Å². The number of nitrogens with zero attached hydrogens (tertiary/aromatic N) is 4. The third-order valence-electron chi connectivity index (χ3n) is 3.97. The molecule has 26 heavy (non-hydrogen) atoms. The van der Waals surface area contributed by atoms with Crippen LogP contribution in [0.15, 0.2) is 67.0 Å². The number of amides is 2. The lowest BCUT2D eigenvalue weighted by molar-refractivity contribution is 0.262. The third kappa shape index (κ3) is 3.23. The van der Waals surface area contributed by atoms with Gasteiger partial charge in [-0.15, -0.1) is 10.2 Å². The van der Waals surface area contributed by atoms with Gasteiger partial charge in [0.15, 0.2) is 5.65 Å². The summed E-state index contributed by atoms with van der Waals surface area (Å²) >= 11 is 0. The first kappa shape index (κ1) is 15.8. The second-order valence-electron chi connectivity index (χ2n) is 5.83. The highest BCUT2D eigenvalue weighted by atomic mass is 16.2. The van der Waals surface area contributed by atoms with E-state index in [4.69, 9.17) is 0 Å². The van der Waals surface area contributed by atoms with Crippen LogP contribution in [0.25, 0.3) is 16.9 Å². The molecular weight excluding hydrogens is 328 g/mol. The van der Waals surface area contributed by atoms with Crippen molar-refractivity contribution in [2.24, 2.45) is 0 Å². The summed E-state index contributed by atoms with van der Waals surface area (Å²) in [6.07, 6.45) is 1.55. The van der Waals surface area contributed by atoms with Crippen molar-refractivity contribution in [2.45, 2.75) is 6.92 Å². The summed E-state index contributed by atoms with van der Waals surface area (Å²) < 4.78 is 1.61. The van der Waals surface area contributed by atoms with Gasteiger partial charge in [-0.3, -0.25) is 0 Å². The van der Waals surface area contributed by atoms with Gasteiger partial charge in [-0.05, 0) is 42.8 Å². The Morgan fingerprint density at radius 3 is 2.77 bits per heavy atom. The molecule has 0 fully saturated rings. The van der Waals surface area contributed by atoms with E-state index in [9.17, 15) is 4.79 Å². The van der Waals surface area contributed by atoms with Gasteiger partial charge in [0.25, 0.3) is 0 Å². The Morgan fingerprint density at radius 1 is 1.00 bits per heavy atom. The van der Waals surface area contributed by atoms with E-state index >= 15 is 0 Å². The van der Waals surface area contributed by atoms with E-state index in [0.29, 0.717) is 11.3 Å². The van der Waals surface area contributed by atoms with E-state index in [1.807, 2.05) is 67.6 Å². The number of aromatic nitrogens is 4. The van der Waals surface area contributed by atoms with Gasteiger partial charge < -0.3 is 10.6 Å². The number of hydrogen-bond donors (Lipinski definition) is 2. The van der Waals surface area contributed by atoms with Crippen molar-refractivity contribution < 1.29 is 4.79 Å². The molecule has 0 aliphatic rings. The van der Waals surface area contributed by atoms with E-state index in [2.05, 4.69) is 25.9 Å². The standard InChI is InChI=1S/C19H16N6O/c1-13-5-2-3-8-16(13)22-19(26)21-15-7-4-6-14(11-15)17-9-10-18-23-20-12-25(18)24-17/h2-12H,1H3,(H2,21,22,26). The highest BCUT2D eigenvalue weighted by Gasteiger charge is 2.07.